The van der Waals surface area contributed by atoms with Crippen LogP contribution in [0.2, 0.25) is 5.28 Å². The summed E-state index contributed by atoms with van der Waals surface area (Å²) in [6.07, 6.45) is 1.84. The summed E-state index contributed by atoms with van der Waals surface area (Å²) < 4.78 is 0. The highest BCUT2D eigenvalue weighted by atomic mass is 27.0. The molecule has 0 aromatic carbocycles. The first-order valence-corrected chi connectivity index (χ1v) is 2.04. The maximum Gasteiger partial charge on any atom is 0.124 e. The molecule has 0 heterocycles. The van der Waals surface area contributed by atoms with E-state index in [9.17, 15) is 0 Å². The van der Waals surface area contributed by atoms with Crippen LogP contribution in [0.15, 0.2) is 12.7 Å². The van der Waals surface area contributed by atoms with Crippen molar-refractivity contribution in [3.8, 4) is 0 Å². The fraction of sp³-hybridized carbons (Fsp3) is 0.333. The molecule has 0 atom stereocenters. The summed E-state index contributed by atoms with van der Waals surface area (Å²) in [5.74, 6) is 0. The van der Waals surface area contributed by atoms with Gasteiger partial charge in [-0.1, -0.05) is 0 Å². The molecule has 0 saturated carbocycles. The van der Waals surface area contributed by atoms with Gasteiger partial charge in [0.15, 0.2) is 0 Å². The van der Waals surface area contributed by atoms with Crippen LogP contribution in [0, 0.1) is 0 Å². The quantitative estimate of drug-likeness (QED) is 0.373. The molecule has 28 valence electrons. The lowest BCUT2D eigenvalue weighted by atomic mass is 10.8. The minimum Gasteiger partial charge on any atom is -0.344 e. The van der Waals surface area contributed by atoms with Crippen LogP contribution in [0.3, 0.4) is 0 Å². The Morgan fingerprint density at radius 3 is 2.00 bits per heavy atom. The molecule has 0 fully saturated rings. The van der Waals surface area contributed by atoms with Crippen LogP contribution in [0.5, 0.6) is 0 Å². The van der Waals surface area contributed by atoms with E-state index in [1.807, 2.05) is 6.08 Å². The summed E-state index contributed by atoms with van der Waals surface area (Å²) >= 11 is 2.54. The number of rotatable bonds is 1. The Bertz CT molecular complexity index is 20.9. The zero-order valence-electron chi connectivity index (χ0n) is 3.28. The Hall–Kier alpha value is 0.232. The molecule has 0 spiro atoms. The molecule has 0 rings (SSSR count). The fourth-order valence-corrected chi connectivity index (χ4v) is 0. The van der Waals surface area contributed by atoms with Gasteiger partial charge in [0.25, 0.3) is 0 Å². The molecular formula is C3H8AlN. The molecule has 0 aromatic heterocycles. The molecule has 0 amide bonds. The average Bonchev–Trinajstić information content (AvgIpc) is 1.37. The highest BCUT2D eigenvalue weighted by Gasteiger charge is 1.46. The molecule has 2 heteroatoms. The second kappa shape index (κ2) is 8.87. The van der Waals surface area contributed by atoms with Crippen LogP contribution >= 0.6 is 0 Å². The maximum absolute atomic E-state index is 3.46. The first-order chi connectivity index (χ1) is 1.91. The Balaban J connectivity index is 0. The van der Waals surface area contributed by atoms with Gasteiger partial charge in [0.1, 0.15) is 16.3 Å². The SMILES string of the molecule is C=C[CH2][Al].N. The zero-order valence-corrected chi connectivity index (χ0v) is 4.43. The van der Waals surface area contributed by atoms with E-state index in [4.69, 9.17) is 0 Å². The first-order valence-electron chi connectivity index (χ1n) is 1.22. The van der Waals surface area contributed by atoms with Crippen molar-refractivity contribution in [1.82, 2.24) is 6.15 Å². The highest BCUT2D eigenvalue weighted by Crippen LogP contribution is 1.61. The predicted octanol–water partition coefficient (Wildman–Crippen LogP) is 0.921. The van der Waals surface area contributed by atoms with Gasteiger partial charge < -0.3 is 6.15 Å². The van der Waals surface area contributed by atoms with Crippen LogP contribution in [0.25, 0.3) is 0 Å². The molecule has 1 nitrogen and oxygen atoms in total. The molecule has 0 aliphatic rings. The summed E-state index contributed by atoms with van der Waals surface area (Å²) in [4.78, 5) is 0. The molecule has 0 aliphatic heterocycles. The van der Waals surface area contributed by atoms with Crippen LogP contribution in [0.1, 0.15) is 0 Å². The monoisotopic (exact) mass is 85.0 g/mol. The topological polar surface area (TPSA) is 35.0 Å². The van der Waals surface area contributed by atoms with E-state index in [-0.39, 0.29) is 6.15 Å². The molecular weight excluding hydrogens is 77.0 g/mol. The van der Waals surface area contributed by atoms with Crippen LogP contribution in [-0.2, 0) is 0 Å². The third-order valence-electron chi connectivity index (χ3n) is 0.167. The van der Waals surface area contributed by atoms with Gasteiger partial charge in [-0.25, -0.2) is 0 Å². The van der Waals surface area contributed by atoms with E-state index in [1.165, 1.54) is 0 Å². The normalized spacial score (nSPS) is 4.80. The van der Waals surface area contributed by atoms with E-state index >= 15 is 0 Å². The van der Waals surface area contributed by atoms with Crippen molar-refractivity contribution in [3.05, 3.63) is 12.7 Å². The van der Waals surface area contributed by atoms with Gasteiger partial charge in [0.2, 0.25) is 0 Å². The van der Waals surface area contributed by atoms with E-state index < -0.39 is 0 Å². The minimum atomic E-state index is 0. The summed E-state index contributed by atoms with van der Waals surface area (Å²) in [6, 6.07) is 0. The van der Waals surface area contributed by atoms with Crippen LogP contribution in [-0.4, -0.2) is 16.3 Å². The predicted molar refractivity (Wildman–Crippen MR) is 25.8 cm³/mol. The summed E-state index contributed by atoms with van der Waals surface area (Å²) in [5, 5.41) is 1.00. The van der Waals surface area contributed by atoms with Crippen LogP contribution in [0.4, 0.5) is 0 Å². The number of allylic oxidation sites excluding steroid dienone is 1. The fourth-order valence-electron chi connectivity index (χ4n) is 0. The Labute approximate surface area is 41.1 Å². The summed E-state index contributed by atoms with van der Waals surface area (Å²) in [6.45, 7) is 3.46. The lowest BCUT2D eigenvalue weighted by Gasteiger charge is -1.58. The van der Waals surface area contributed by atoms with Crippen molar-refractivity contribution in [1.29, 1.82) is 0 Å². The van der Waals surface area contributed by atoms with Gasteiger partial charge in [0, 0.05) is 0 Å². The Morgan fingerprint density at radius 1 is 1.80 bits per heavy atom. The molecule has 3 N–H and O–H groups in total. The zero-order chi connectivity index (χ0) is 3.41. The Morgan fingerprint density at radius 2 is 2.00 bits per heavy atom. The third-order valence-corrected chi connectivity index (χ3v) is 0.500. The molecule has 5 heavy (non-hydrogen) atoms. The molecule has 2 radical (unpaired) electrons. The summed E-state index contributed by atoms with van der Waals surface area (Å²) in [7, 11) is 0. The Kier molecular flexibility index (Phi) is 15.9. The first kappa shape index (κ1) is 8.97. The second-order valence-corrected chi connectivity index (χ2v) is 0.996. The molecule has 0 bridgehead atoms. The standard InChI is InChI=1S/C3H5.Al.H3N/c1-3-2;;/h3H,1-2H2;;1H3. The number of hydrogen-bond donors (Lipinski definition) is 1. The largest absolute Gasteiger partial charge is 0.344 e. The second-order valence-electron chi connectivity index (χ2n) is 0.524. The molecule has 0 aromatic rings. The van der Waals surface area contributed by atoms with E-state index in [0.717, 1.165) is 5.28 Å². The van der Waals surface area contributed by atoms with Crippen molar-refractivity contribution in [2.75, 3.05) is 0 Å². The molecule has 0 aliphatic carbocycles. The molecule has 0 unspecified atom stereocenters. The van der Waals surface area contributed by atoms with E-state index in [0.29, 0.717) is 0 Å². The van der Waals surface area contributed by atoms with Gasteiger partial charge in [-0.15, -0.1) is 17.9 Å². The number of hydrogen-bond acceptors (Lipinski definition) is 1. The van der Waals surface area contributed by atoms with E-state index in [1.54, 1.807) is 0 Å². The van der Waals surface area contributed by atoms with Gasteiger partial charge in [-0.05, 0) is 0 Å². The maximum atomic E-state index is 3.46. The third kappa shape index (κ3) is 13.9. The highest BCUT2D eigenvalue weighted by molar-refractivity contribution is 6.09. The van der Waals surface area contributed by atoms with E-state index in [2.05, 4.69) is 22.9 Å². The smallest absolute Gasteiger partial charge is 0.124 e. The van der Waals surface area contributed by atoms with Crippen molar-refractivity contribution in [2.45, 2.75) is 5.28 Å². The molecule has 0 saturated heterocycles. The van der Waals surface area contributed by atoms with Crippen LogP contribution < -0.4 is 6.15 Å². The summed E-state index contributed by atoms with van der Waals surface area (Å²) in [5.41, 5.74) is 0. The van der Waals surface area contributed by atoms with Crippen molar-refractivity contribution >= 4 is 16.3 Å². The van der Waals surface area contributed by atoms with Gasteiger partial charge >= 0.3 is 0 Å². The van der Waals surface area contributed by atoms with Gasteiger partial charge in [0.05, 0.1) is 0 Å². The lowest BCUT2D eigenvalue weighted by molar-refractivity contribution is 1.76. The van der Waals surface area contributed by atoms with Gasteiger partial charge in [-0.3, -0.25) is 0 Å². The van der Waals surface area contributed by atoms with Gasteiger partial charge in [-0.2, -0.15) is 0 Å². The average molecular weight is 85.1 g/mol. The van der Waals surface area contributed by atoms with Crippen molar-refractivity contribution in [3.63, 3.8) is 0 Å². The van der Waals surface area contributed by atoms with Crippen molar-refractivity contribution in [2.24, 2.45) is 0 Å². The minimum absolute atomic E-state index is 0. The lowest BCUT2D eigenvalue weighted by Crippen LogP contribution is -1.47. The van der Waals surface area contributed by atoms with Crippen molar-refractivity contribution < 1.29 is 0 Å².